The average molecular weight is 359 g/mol. The number of nitrogens with two attached hydrogens (primary N) is 2. The highest BCUT2D eigenvalue weighted by Gasteiger charge is 2.16. The van der Waals surface area contributed by atoms with Crippen LogP contribution in [-0.4, -0.2) is 8.42 Å². The Bertz CT molecular complexity index is 717. The maximum absolute atomic E-state index is 11.6. The molecule has 0 heterocycles. The van der Waals surface area contributed by atoms with Crippen LogP contribution in [0.1, 0.15) is 0 Å². The van der Waals surface area contributed by atoms with Crippen LogP contribution in [0.15, 0.2) is 61.6 Å². The van der Waals surface area contributed by atoms with Gasteiger partial charge in [0.05, 0.1) is 4.90 Å². The van der Waals surface area contributed by atoms with Gasteiger partial charge >= 0.3 is 0 Å². The van der Waals surface area contributed by atoms with Gasteiger partial charge in [0.15, 0.2) is 0 Å². The summed E-state index contributed by atoms with van der Waals surface area (Å²) < 4.78 is 24.0. The fourth-order valence-corrected chi connectivity index (χ4v) is 3.97. The second-order valence-electron chi connectivity index (χ2n) is 3.78. The number of hydrogen-bond donors (Lipinski definition) is 2. The van der Waals surface area contributed by atoms with Gasteiger partial charge in [-0.25, -0.2) is 13.6 Å². The summed E-state index contributed by atoms with van der Waals surface area (Å²) in [6.07, 6.45) is 0. The lowest BCUT2D eigenvalue weighted by atomic mass is 10.3. The lowest BCUT2D eigenvalue weighted by molar-refractivity contribution is 0.596. The molecular formula is C12H11BrN2O2S2. The summed E-state index contributed by atoms with van der Waals surface area (Å²) in [6, 6.07) is 12.2. The summed E-state index contributed by atoms with van der Waals surface area (Å²) in [5.74, 6) is 0. The van der Waals surface area contributed by atoms with E-state index in [9.17, 15) is 8.42 Å². The molecule has 0 amide bonds. The van der Waals surface area contributed by atoms with Crippen LogP contribution >= 0.6 is 27.7 Å². The van der Waals surface area contributed by atoms with Gasteiger partial charge in [-0.1, -0.05) is 23.9 Å². The number of benzene rings is 2. The van der Waals surface area contributed by atoms with Gasteiger partial charge < -0.3 is 5.73 Å². The minimum Gasteiger partial charge on any atom is -0.399 e. The van der Waals surface area contributed by atoms with Crippen LogP contribution in [-0.2, 0) is 10.0 Å². The monoisotopic (exact) mass is 358 g/mol. The van der Waals surface area contributed by atoms with Crippen LogP contribution < -0.4 is 10.9 Å². The molecule has 4 nitrogen and oxygen atoms in total. The molecular weight excluding hydrogens is 348 g/mol. The lowest BCUT2D eigenvalue weighted by Gasteiger charge is -2.09. The molecule has 0 fully saturated rings. The third kappa shape index (κ3) is 3.50. The van der Waals surface area contributed by atoms with Crippen molar-refractivity contribution in [2.75, 3.05) is 5.73 Å². The van der Waals surface area contributed by atoms with E-state index in [0.29, 0.717) is 10.6 Å². The minimum atomic E-state index is -3.81. The zero-order chi connectivity index (χ0) is 14.0. The van der Waals surface area contributed by atoms with Crippen LogP contribution in [0.3, 0.4) is 0 Å². The van der Waals surface area contributed by atoms with Crippen molar-refractivity contribution in [3.8, 4) is 0 Å². The summed E-state index contributed by atoms with van der Waals surface area (Å²) in [4.78, 5) is 1.48. The van der Waals surface area contributed by atoms with Crippen LogP contribution in [0, 0.1) is 0 Å². The molecule has 0 aromatic heterocycles. The van der Waals surface area contributed by atoms with E-state index in [1.165, 1.54) is 17.8 Å². The quantitative estimate of drug-likeness (QED) is 0.825. The summed E-state index contributed by atoms with van der Waals surface area (Å²) >= 11 is 4.73. The number of halogens is 1. The van der Waals surface area contributed by atoms with Gasteiger partial charge in [0.25, 0.3) is 0 Å². The standard InChI is InChI=1S/C12H11BrN2O2S2/c13-9-3-1-2-4-10(9)18-11-6-5-8(14)7-12(11)19(15,16)17/h1-7H,14H2,(H2,15,16,17). The molecule has 0 bridgehead atoms. The van der Waals surface area contributed by atoms with E-state index in [-0.39, 0.29) is 4.90 Å². The molecule has 2 aromatic carbocycles. The van der Waals surface area contributed by atoms with Crippen molar-refractivity contribution in [1.82, 2.24) is 0 Å². The van der Waals surface area contributed by atoms with Crippen molar-refractivity contribution >= 4 is 43.4 Å². The van der Waals surface area contributed by atoms with Gasteiger partial charge in [-0.05, 0) is 46.3 Å². The number of primary sulfonamides is 1. The molecule has 0 aliphatic heterocycles. The molecule has 0 spiro atoms. The highest BCUT2D eigenvalue weighted by atomic mass is 79.9. The zero-order valence-corrected chi connectivity index (χ0v) is 12.9. The van der Waals surface area contributed by atoms with Crippen LogP contribution in [0.5, 0.6) is 0 Å². The van der Waals surface area contributed by atoms with E-state index in [2.05, 4.69) is 15.9 Å². The van der Waals surface area contributed by atoms with E-state index < -0.39 is 10.0 Å². The Morgan fingerprint density at radius 3 is 2.37 bits per heavy atom. The number of rotatable bonds is 3. The summed E-state index contributed by atoms with van der Waals surface area (Å²) in [6.45, 7) is 0. The molecule has 100 valence electrons. The molecule has 0 aliphatic carbocycles. The largest absolute Gasteiger partial charge is 0.399 e. The van der Waals surface area contributed by atoms with E-state index >= 15 is 0 Å². The first-order valence-electron chi connectivity index (χ1n) is 5.22. The molecule has 0 radical (unpaired) electrons. The fraction of sp³-hybridized carbons (Fsp3) is 0. The van der Waals surface area contributed by atoms with Crippen molar-refractivity contribution < 1.29 is 8.42 Å². The van der Waals surface area contributed by atoms with E-state index in [1.54, 1.807) is 12.1 Å². The first kappa shape index (κ1) is 14.4. The maximum Gasteiger partial charge on any atom is 0.239 e. The molecule has 0 atom stereocenters. The topological polar surface area (TPSA) is 86.2 Å². The zero-order valence-electron chi connectivity index (χ0n) is 9.71. The average Bonchev–Trinajstić information content (AvgIpc) is 2.33. The molecule has 0 saturated heterocycles. The van der Waals surface area contributed by atoms with Crippen LogP contribution in [0.2, 0.25) is 0 Å². The number of hydrogen-bond acceptors (Lipinski definition) is 4. The van der Waals surface area contributed by atoms with E-state index in [1.807, 2.05) is 24.3 Å². The molecule has 4 N–H and O–H groups in total. The van der Waals surface area contributed by atoms with Crippen LogP contribution in [0.4, 0.5) is 5.69 Å². The summed E-state index contributed by atoms with van der Waals surface area (Å²) in [5.41, 5.74) is 5.97. The molecule has 2 rings (SSSR count). The third-order valence-electron chi connectivity index (χ3n) is 2.33. The molecule has 7 heteroatoms. The Labute approximate surface area is 124 Å². The van der Waals surface area contributed by atoms with E-state index in [0.717, 1.165) is 9.37 Å². The van der Waals surface area contributed by atoms with Gasteiger partial charge in [-0.2, -0.15) is 0 Å². The Kier molecular flexibility index (Phi) is 4.19. The number of anilines is 1. The summed E-state index contributed by atoms with van der Waals surface area (Å²) in [7, 11) is -3.81. The predicted octanol–water partition coefficient (Wildman–Crippen LogP) is 2.83. The van der Waals surface area contributed by atoms with Crippen molar-refractivity contribution in [2.24, 2.45) is 5.14 Å². The Hall–Kier alpha value is -1.02. The summed E-state index contributed by atoms with van der Waals surface area (Å²) in [5, 5.41) is 5.21. The van der Waals surface area contributed by atoms with Gasteiger partial charge in [0, 0.05) is 20.0 Å². The van der Waals surface area contributed by atoms with Gasteiger partial charge in [0.1, 0.15) is 0 Å². The van der Waals surface area contributed by atoms with Gasteiger partial charge in [-0.3, -0.25) is 0 Å². The van der Waals surface area contributed by atoms with Crippen molar-refractivity contribution in [3.05, 3.63) is 46.9 Å². The molecule has 0 unspecified atom stereocenters. The Morgan fingerprint density at radius 2 is 1.74 bits per heavy atom. The smallest absolute Gasteiger partial charge is 0.239 e. The molecule has 0 saturated carbocycles. The predicted molar refractivity (Wildman–Crippen MR) is 80.5 cm³/mol. The van der Waals surface area contributed by atoms with Gasteiger partial charge in [0.2, 0.25) is 10.0 Å². The third-order valence-corrected chi connectivity index (χ3v) is 5.52. The van der Waals surface area contributed by atoms with Crippen LogP contribution in [0.25, 0.3) is 0 Å². The van der Waals surface area contributed by atoms with E-state index in [4.69, 9.17) is 10.9 Å². The molecule has 0 aliphatic rings. The first-order chi connectivity index (χ1) is 8.88. The second kappa shape index (κ2) is 5.54. The second-order valence-corrected chi connectivity index (χ2v) is 7.25. The van der Waals surface area contributed by atoms with Gasteiger partial charge in [-0.15, -0.1) is 0 Å². The number of nitrogen functional groups attached to an aromatic ring is 1. The van der Waals surface area contributed by atoms with Crippen molar-refractivity contribution in [3.63, 3.8) is 0 Å². The normalized spacial score (nSPS) is 11.5. The number of sulfonamides is 1. The Balaban J connectivity index is 2.50. The van der Waals surface area contributed by atoms with Crippen molar-refractivity contribution in [1.29, 1.82) is 0 Å². The molecule has 19 heavy (non-hydrogen) atoms. The maximum atomic E-state index is 11.6. The highest BCUT2D eigenvalue weighted by Crippen LogP contribution is 2.37. The highest BCUT2D eigenvalue weighted by molar-refractivity contribution is 9.10. The minimum absolute atomic E-state index is 0.0354. The molecule has 2 aromatic rings. The lowest BCUT2D eigenvalue weighted by Crippen LogP contribution is -2.13. The first-order valence-corrected chi connectivity index (χ1v) is 8.38. The fourth-order valence-electron chi connectivity index (χ4n) is 1.48. The Morgan fingerprint density at radius 1 is 1.05 bits per heavy atom. The van der Waals surface area contributed by atoms with Crippen molar-refractivity contribution in [2.45, 2.75) is 14.7 Å². The SMILES string of the molecule is Nc1ccc(Sc2ccccc2Br)c(S(N)(=O)=O)c1.